The van der Waals surface area contributed by atoms with Crippen molar-refractivity contribution in [3.05, 3.63) is 29.8 Å². The molecule has 0 fully saturated rings. The van der Waals surface area contributed by atoms with Gasteiger partial charge in [0.25, 0.3) is 0 Å². The molecule has 0 saturated carbocycles. The second-order valence-corrected chi connectivity index (χ2v) is 6.52. The lowest BCUT2D eigenvalue weighted by atomic mass is 10.1. The molecule has 0 saturated heterocycles. The Morgan fingerprint density at radius 1 is 1.37 bits per heavy atom. The highest BCUT2D eigenvalue weighted by Crippen LogP contribution is 2.20. The second-order valence-electron chi connectivity index (χ2n) is 3.78. The molecule has 0 radical (unpaired) electrons. The molecule has 0 bridgehead atoms. The summed E-state index contributed by atoms with van der Waals surface area (Å²) in [6.07, 6.45) is 0.00762. The third-order valence-corrected chi connectivity index (χ3v) is 4.06. The molecule has 0 amide bonds. The lowest BCUT2D eigenvalue weighted by Gasteiger charge is -2.09. The Hall–Kier alpha value is -1.25. The number of carbonyl (C=O) groups is 1. The standard InChI is InChI=1S/C11H14O6S2/c1-9(12)10-5-2-3-6-11(10)17-19(15,16)8-4-7-18(13)14/h2-3,5-6H,4,7-8H2,1H3,(H,13,14). The minimum Gasteiger partial charge on any atom is -0.382 e. The molecular formula is C11H14O6S2. The molecule has 19 heavy (non-hydrogen) atoms. The Kier molecular flexibility index (Phi) is 5.64. The zero-order chi connectivity index (χ0) is 14.5. The van der Waals surface area contributed by atoms with Gasteiger partial charge in [-0.2, -0.15) is 8.42 Å². The first kappa shape index (κ1) is 15.8. The molecule has 0 aromatic heterocycles. The average Bonchev–Trinajstić information content (AvgIpc) is 2.27. The molecule has 0 aliphatic carbocycles. The van der Waals surface area contributed by atoms with Crippen LogP contribution >= 0.6 is 0 Å². The molecule has 1 unspecified atom stereocenters. The summed E-state index contributed by atoms with van der Waals surface area (Å²) in [6, 6.07) is 6.01. The Morgan fingerprint density at radius 2 is 2.00 bits per heavy atom. The first-order valence-electron chi connectivity index (χ1n) is 5.41. The van der Waals surface area contributed by atoms with Crippen LogP contribution in [0.3, 0.4) is 0 Å². The molecular weight excluding hydrogens is 292 g/mol. The van der Waals surface area contributed by atoms with E-state index in [4.69, 9.17) is 8.74 Å². The fourth-order valence-electron chi connectivity index (χ4n) is 1.37. The first-order chi connectivity index (χ1) is 8.82. The van der Waals surface area contributed by atoms with E-state index in [0.29, 0.717) is 0 Å². The van der Waals surface area contributed by atoms with E-state index in [1.165, 1.54) is 19.1 Å². The summed E-state index contributed by atoms with van der Waals surface area (Å²) in [7, 11) is -3.88. The van der Waals surface area contributed by atoms with Crippen LogP contribution in [-0.4, -0.2) is 34.5 Å². The second kappa shape index (κ2) is 6.78. The lowest BCUT2D eigenvalue weighted by molar-refractivity contribution is 0.101. The predicted molar refractivity (Wildman–Crippen MR) is 71.1 cm³/mol. The summed E-state index contributed by atoms with van der Waals surface area (Å²) in [5, 5.41) is 0. The first-order valence-corrected chi connectivity index (χ1v) is 8.27. The van der Waals surface area contributed by atoms with E-state index < -0.39 is 21.2 Å². The Balaban J connectivity index is 2.78. The van der Waals surface area contributed by atoms with Crippen LogP contribution in [0.1, 0.15) is 23.7 Å². The van der Waals surface area contributed by atoms with Crippen molar-refractivity contribution in [3.8, 4) is 5.75 Å². The van der Waals surface area contributed by atoms with Crippen molar-refractivity contribution in [2.45, 2.75) is 13.3 Å². The van der Waals surface area contributed by atoms with Gasteiger partial charge in [0, 0.05) is 0 Å². The number of ketones is 1. The van der Waals surface area contributed by atoms with E-state index in [2.05, 4.69) is 0 Å². The summed E-state index contributed by atoms with van der Waals surface area (Å²) < 4.78 is 47.1. The van der Waals surface area contributed by atoms with Gasteiger partial charge in [0.05, 0.1) is 17.1 Å². The minimum atomic E-state index is -3.88. The van der Waals surface area contributed by atoms with Crippen molar-refractivity contribution < 1.29 is 26.2 Å². The van der Waals surface area contributed by atoms with Gasteiger partial charge in [0.2, 0.25) is 0 Å². The van der Waals surface area contributed by atoms with Crippen LogP contribution in [0, 0.1) is 0 Å². The van der Waals surface area contributed by atoms with Gasteiger partial charge in [-0.15, -0.1) is 0 Å². The molecule has 8 heteroatoms. The molecule has 0 aliphatic rings. The van der Waals surface area contributed by atoms with E-state index >= 15 is 0 Å². The highest BCUT2D eigenvalue weighted by atomic mass is 32.2. The quantitative estimate of drug-likeness (QED) is 0.462. The van der Waals surface area contributed by atoms with Gasteiger partial charge in [0.15, 0.2) is 22.6 Å². The van der Waals surface area contributed by atoms with Crippen molar-refractivity contribution in [2.24, 2.45) is 0 Å². The van der Waals surface area contributed by atoms with Gasteiger partial charge < -0.3 is 8.74 Å². The van der Waals surface area contributed by atoms with E-state index in [-0.39, 0.29) is 35.0 Å². The Morgan fingerprint density at radius 3 is 2.58 bits per heavy atom. The normalized spacial score (nSPS) is 12.9. The summed E-state index contributed by atoms with van der Waals surface area (Å²) in [4.78, 5) is 11.3. The molecule has 1 N–H and O–H groups in total. The van der Waals surface area contributed by atoms with Gasteiger partial charge in [-0.3, -0.25) is 4.79 Å². The smallest absolute Gasteiger partial charge is 0.309 e. The van der Waals surface area contributed by atoms with Gasteiger partial charge in [0.1, 0.15) is 0 Å². The van der Waals surface area contributed by atoms with Crippen LogP contribution in [0.2, 0.25) is 0 Å². The highest BCUT2D eigenvalue weighted by molar-refractivity contribution is 7.87. The molecule has 1 aromatic rings. The van der Waals surface area contributed by atoms with E-state index in [0.717, 1.165) is 0 Å². The fourth-order valence-corrected chi connectivity index (χ4v) is 2.94. The van der Waals surface area contributed by atoms with Crippen LogP contribution in [0.15, 0.2) is 24.3 Å². The number of hydrogen-bond donors (Lipinski definition) is 1. The van der Waals surface area contributed by atoms with Crippen molar-refractivity contribution in [2.75, 3.05) is 11.5 Å². The molecule has 0 heterocycles. The number of para-hydroxylation sites is 1. The number of carbonyl (C=O) groups excluding carboxylic acids is 1. The van der Waals surface area contributed by atoms with E-state index in [1.54, 1.807) is 12.1 Å². The molecule has 1 atom stereocenters. The lowest BCUT2D eigenvalue weighted by Crippen LogP contribution is -2.16. The van der Waals surface area contributed by atoms with Crippen LogP contribution in [0.5, 0.6) is 5.75 Å². The number of hydrogen-bond acceptors (Lipinski definition) is 5. The number of rotatable bonds is 7. The number of Topliss-reactive ketones (excluding diaryl/α,β-unsaturated/α-hetero) is 1. The maximum atomic E-state index is 11.6. The molecule has 6 nitrogen and oxygen atoms in total. The Bertz CT molecular complexity index is 579. The van der Waals surface area contributed by atoms with Crippen molar-refractivity contribution in [1.29, 1.82) is 0 Å². The molecule has 1 aromatic carbocycles. The maximum absolute atomic E-state index is 11.6. The van der Waals surface area contributed by atoms with Crippen molar-refractivity contribution in [1.82, 2.24) is 0 Å². The van der Waals surface area contributed by atoms with Crippen LogP contribution < -0.4 is 4.18 Å². The third kappa shape index (κ3) is 5.50. The SMILES string of the molecule is CC(=O)c1ccccc1OS(=O)(=O)CCCS(=O)O. The average molecular weight is 306 g/mol. The highest BCUT2D eigenvalue weighted by Gasteiger charge is 2.17. The largest absolute Gasteiger partial charge is 0.382 e. The Labute approximate surface area is 114 Å². The van der Waals surface area contributed by atoms with Gasteiger partial charge in [-0.05, 0) is 25.5 Å². The van der Waals surface area contributed by atoms with Gasteiger partial charge >= 0.3 is 10.1 Å². The van der Waals surface area contributed by atoms with E-state index in [1.807, 2.05) is 0 Å². The third-order valence-electron chi connectivity index (χ3n) is 2.20. The van der Waals surface area contributed by atoms with Gasteiger partial charge in [-0.25, -0.2) is 4.21 Å². The van der Waals surface area contributed by atoms with Gasteiger partial charge in [-0.1, -0.05) is 12.1 Å². The minimum absolute atomic E-state index is 0.00762. The summed E-state index contributed by atoms with van der Waals surface area (Å²) in [5.41, 5.74) is 0.178. The maximum Gasteiger partial charge on any atom is 0.309 e. The predicted octanol–water partition coefficient (Wildman–Crippen LogP) is 1.21. The molecule has 0 aliphatic heterocycles. The van der Waals surface area contributed by atoms with E-state index in [9.17, 15) is 17.4 Å². The monoisotopic (exact) mass is 306 g/mol. The summed E-state index contributed by atoms with van der Waals surface area (Å²) in [6.45, 7) is 1.31. The summed E-state index contributed by atoms with van der Waals surface area (Å²) in [5.74, 6) is -0.856. The summed E-state index contributed by atoms with van der Waals surface area (Å²) >= 11 is -2.03. The molecule has 106 valence electrons. The fraction of sp³-hybridized carbons (Fsp3) is 0.364. The van der Waals surface area contributed by atoms with Crippen LogP contribution in [-0.2, 0) is 21.2 Å². The molecule has 0 spiro atoms. The van der Waals surface area contributed by atoms with Crippen LogP contribution in [0.25, 0.3) is 0 Å². The molecule has 1 rings (SSSR count). The topological polar surface area (TPSA) is 97.7 Å². The number of benzene rings is 1. The van der Waals surface area contributed by atoms with Crippen molar-refractivity contribution in [3.63, 3.8) is 0 Å². The zero-order valence-electron chi connectivity index (χ0n) is 10.2. The van der Waals surface area contributed by atoms with Crippen molar-refractivity contribution >= 4 is 27.0 Å². The zero-order valence-corrected chi connectivity index (χ0v) is 11.9. The van der Waals surface area contributed by atoms with Crippen LogP contribution in [0.4, 0.5) is 0 Å².